The highest BCUT2D eigenvalue weighted by Crippen LogP contribution is 2.40. The molecule has 22 heavy (non-hydrogen) atoms. The van der Waals surface area contributed by atoms with E-state index >= 15 is 0 Å². The Bertz CT molecular complexity index is 543. The van der Waals surface area contributed by atoms with Crippen LogP contribution in [0.4, 0.5) is 4.39 Å². The fourth-order valence-corrected chi connectivity index (χ4v) is 2.28. The van der Waals surface area contributed by atoms with Gasteiger partial charge in [0.15, 0.2) is 5.67 Å². The zero-order valence-corrected chi connectivity index (χ0v) is 12.7. The first-order chi connectivity index (χ1) is 10.3. The van der Waals surface area contributed by atoms with Crippen LogP contribution in [0, 0.1) is 5.92 Å². The van der Waals surface area contributed by atoms with Crippen molar-refractivity contribution < 1.29 is 28.2 Å². The lowest BCUT2D eigenvalue weighted by Crippen LogP contribution is -2.38. The van der Waals surface area contributed by atoms with Gasteiger partial charge in [0, 0.05) is 12.8 Å². The molecule has 1 fully saturated rings. The van der Waals surface area contributed by atoms with E-state index in [0.29, 0.717) is 5.56 Å². The molecule has 1 aliphatic rings. The highest BCUT2D eigenvalue weighted by molar-refractivity contribution is 5.89. The van der Waals surface area contributed by atoms with Gasteiger partial charge in [0.1, 0.15) is 12.7 Å². The van der Waals surface area contributed by atoms with Gasteiger partial charge < -0.3 is 14.2 Å². The van der Waals surface area contributed by atoms with Crippen molar-refractivity contribution in [2.24, 2.45) is 5.92 Å². The minimum atomic E-state index is -1.84. The summed E-state index contributed by atoms with van der Waals surface area (Å²) in [6.45, 7) is 4.02. The number of rotatable bonds is 4. The van der Waals surface area contributed by atoms with Gasteiger partial charge in [-0.05, 0) is 19.1 Å². The Morgan fingerprint density at radius 3 is 2.55 bits per heavy atom. The third-order valence-electron chi connectivity index (χ3n) is 3.87. The van der Waals surface area contributed by atoms with Crippen molar-refractivity contribution in [1.29, 1.82) is 0 Å². The Kier molecular flexibility index (Phi) is 4.81. The second-order valence-electron chi connectivity index (χ2n) is 5.52. The molecule has 120 valence electrons. The Hall–Kier alpha value is -1.95. The molecule has 0 spiro atoms. The van der Waals surface area contributed by atoms with Crippen LogP contribution in [0.5, 0.6) is 0 Å². The van der Waals surface area contributed by atoms with Crippen LogP contribution in [-0.2, 0) is 19.0 Å². The molecule has 1 aliphatic heterocycles. The molecule has 4 atom stereocenters. The molecule has 0 aliphatic carbocycles. The molecule has 1 aromatic carbocycles. The summed E-state index contributed by atoms with van der Waals surface area (Å²) in [6.07, 6.45) is -1.97. The van der Waals surface area contributed by atoms with Crippen LogP contribution >= 0.6 is 0 Å². The zero-order chi connectivity index (χ0) is 16.3. The van der Waals surface area contributed by atoms with Crippen LogP contribution < -0.4 is 0 Å². The number of ether oxygens (including phenoxy) is 3. The molecule has 1 unspecified atom stereocenters. The number of alkyl halides is 1. The topological polar surface area (TPSA) is 61.8 Å². The molecular weight excluding hydrogens is 291 g/mol. The third-order valence-corrected chi connectivity index (χ3v) is 3.87. The van der Waals surface area contributed by atoms with Crippen LogP contribution in [0.3, 0.4) is 0 Å². The molecule has 0 radical (unpaired) electrons. The largest absolute Gasteiger partial charge is 0.459 e. The van der Waals surface area contributed by atoms with Gasteiger partial charge in [-0.15, -0.1) is 0 Å². The van der Waals surface area contributed by atoms with Gasteiger partial charge in [-0.1, -0.05) is 25.1 Å². The second kappa shape index (κ2) is 6.44. The van der Waals surface area contributed by atoms with Gasteiger partial charge in [-0.2, -0.15) is 0 Å². The quantitative estimate of drug-likeness (QED) is 0.800. The van der Waals surface area contributed by atoms with Crippen LogP contribution in [0.1, 0.15) is 31.1 Å². The van der Waals surface area contributed by atoms with E-state index in [2.05, 4.69) is 0 Å². The maximum atomic E-state index is 14.6. The van der Waals surface area contributed by atoms with Gasteiger partial charge in [-0.25, -0.2) is 9.18 Å². The molecular formula is C16H19FO5. The molecule has 0 amide bonds. The molecule has 2 rings (SSSR count). The maximum Gasteiger partial charge on any atom is 0.338 e. The van der Waals surface area contributed by atoms with Gasteiger partial charge in [0.05, 0.1) is 5.56 Å². The fraction of sp³-hybridized carbons (Fsp3) is 0.500. The highest BCUT2D eigenvalue weighted by Gasteiger charge is 2.54. The molecule has 0 aromatic heterocycles. The van der Waals surface area contributed by atoms with Crippen molar-refractivity contribution in [3.8, 4) is 0 Å². The third kappa shape index (κ3) is 3.44. The van der Waals surface area contributed by atoms with E-state index < -0.39 is 35.9 Å². The number of hydrogen-bond acceptors (Lipinski definition) is 5. The number of esters is 2. The van der Waals surface area contributed by atoms with Crippen LogP contribution in [0.25, 0.3) is 0 Å². The molecule has 0 N–H and O–H groups in total. The van der Waals surface area contributed by atoms with E-state index in [0.717, 1.165) is 0 Å². The summed E-state index contributed by atoms with van der Waals surface area (Å²) in [7, 11) is 0. The molecule has 0 bridgehead atoms. The summed E-state index contributed by atoms with van der Waals surface area (Å²) in [5.41, 5.74) is -1.43. The van der Waals surface area contributed by atoms with E-state index in [9.17, 15) is 14.0 Å². The monoisotopic (exact) mass is 310 g/mol. The fourth-order valence-electron chi connectivity index (χ4n) is 2.28. The molecule has 1 heterocycles. The number of halogens is 1. The zero-order valence-electron chi connectivity index (χ0n) is 12.7. The van der Waals surface area contributed by atoms with Gasteiger partial charge in [-0.3, -0.25) is 4.79 Å². The van der Waals surface area contributed by atoms with Crippen molar-refractivity contribution in [1.82, 2.24) is 0 Å². The second-order valence-corrected chi connectivity index (χ2v) is 5.52. The first kappa shape index (κ1) is 16.4. The normalized spacial score (nSPS) is 30.8. The molecule has 5 nitrogen and oxygen atoms in total. The van der Waals surface area contributed by atoms with E-state index in [1.165, 1.54) is 13.8 Å². The first-order valence-electron chi connectivity index (χ1n) is 7.06. The van der Waals surface area contributed by atoms with Gasteiger partial charge in [0.25, 0.3) is 0 Å². The summed E-state index contributed by atoms with van der Waals surface area (Å²) in [4.78, 5) is 22.9. The van der Waals surface area contributed by atoms with Crippen LogP contribution in [0.15, 0.2) is 30.3 Å². The van der Waals surface area contributed by atoms with E-state index in [4.69, 9.17) is 14.2 Å². The van der Waals surface area contributed by atoms with E-state index in [-0.39, 0.29) is 6.61 Å². The highest BCUT2D eigenvalue weighted by atomic mass is 19.1. The Balaban J connectivity index is 1.96. The van der Waals surface area contributed by atoms with Crippen LogP contribution in [0.2, 0.25) is 0 Å². The summed E-state index contributed by atoms with van der Waals surface area (Å²) < 4.78 is 30.0. The average molecular weight is 310 g/mol. The van der Waals surface area contributed by atoms with Crippen LogP contribution in [-0.4, -0.2) is 36.6 Å². The lowest BCUT2D eigenvalue weighted by atomic mass is 9.91. The van der Waals surface area contributed by atoms with Crippen molar-refractivity contribution >= 4 is 11.9 Å². The Labute approximate surface area is 128 Å². The average Bonchev–Trinajstić information content (AvgIpc) is 2.69. The molecule has 1 saturated heterocycles. The Morgan fingerprint density at radius 2 is 1.95 bits per heavy atom. The summed E-state index contributed by atoms with van der Waals surface area (Å²) >= 11 is 0. The smallest absolute Gasteiger partial charge is 0.338 e. The van der Waals surface area contributed by atoms with E-state index in [1.54, 1.807) is 37.3 Å². The maximum absolute atomic E-state index is 14.6. The number of hydrogen-bond donors (Lipinski definition) is 0. The first-order valence-corrected chi connectivity index (χ1v) is 7.06. The number of carbonyl (C=O) groups excluding carboxylic acids is 2. The van der Waals surface area contributed by atoms with Gasteiger partial charge >= 0.3 is 11.9 Å². The van der Waals surface area contributed by atoms with Gasteiger partial charge in [0.2, 0.25) is 6.29 Å². The van der Waals surface area contributed by atoms with Crippen molar-refractivity contribution in [3.63, 3.8) is 0 Å². The predicted octanol–water partition coefficient (Wildman–Crippen LogP) is 2.50. The molecule has 1 aromatic rings. The van der Waals surface area contributed by atoms with Crippen molar-refractivity contribution in [3.05, 3.63) is 35.9 Å². The summed E-state index contributed by atoms with van der Waals surface area (Å²) in [5.74, 6) is -1.71. The summed E-state index contributed by atoms with van der Waals surface area (Å²) in [5, 5.41) is 0. The lowest BCUT2D eigenvalue weighted by Gasteiger charge is -2.23. The number of carbonyl (C=O) groups is 2. The SMILES string of the molecule is CC(=O)O[C@@H]1OC(COC(=O)c2ccccc2)[C@@H](C)[C@@]1(C)F. The number of benzene rings is 1. The Morgan fingerprint density at radius 1 is 1.32 bits per heavy atom. The minimum Gasteiger partial charge on any atom is -0.459 e. The summed E-state index contributed by atoms with van der Waals surface area (Å²) in [6, 6.07) is 8.49. The van der Waals surface area contributed by atoms with Crippen molar-refractivity contribution in [2.75, 3.05) is 6.61 Å². The van der Waals surface area contributed by atoms with Crippen molar-refractivity contribution in [2.45, 2.75) is 38.8 Å². The standard InChI is InChI=1S/C16H19FO5/c1-10-13(22-15(16(10,3)17)21-11(2)18)9-20-14(19)12-7-5-4-6-8-12/h4-8,10,13,15H,9H2,1-3H3/t10-,13?,15-,16-/m1/s1. The minimum absolute atomic E-state index is 0.105. The predicted molar refractivity (Wildman–Crippen MR) is 75.8 cm³/mol. The van der Waals surface area contributed by atoms with E-state index in [1.807, 2.05) is 0 Å². The molecule has 0 saturated carbocycles. The molecule has 6 heteroatoms. The lowest BCUT2D eigenvalue weighted by molar-refractivity contribution is -0.192.